The van der Waals surface area contributed by atoms with Gasteiger partial charge < -0.3 is 10.1 Å². The Morgan fingerprint density at radius 2 is 1.93 bits per heavy atom. The van der Waals surface area contributed by atoms with E-state index >= 15 is 0 Å². The van der Waals surface area contributed by atoms with Gasteiger partial charge in [0.05, 0.1) is 10.6 Å². The van der Waals surface area contributed by atoms with Gasteiger partial charge in [-0.25, -0.2) is 13.2 Å². The number of alkyl halides is 3. The zero-order chi connectivity index (χ0) is 20.6. The average Bonchev–Trinajstić information content (AvgIpc) is 2.92. The van der Waals surface area contributed by atoms with Crippen molar-refractivity contribution < 1.29 is 31.1 Å². The maximum Gasteiger partial charge on any atom is 0.417 e. The van der Waals surface area contributed by atoms with Gasteiger partial charge in [0, 0.05) is 19.1 Å². The van der Waals surface area contributed by atoms with Crippen LogP contribution in [0.4, 0.5) is 18.0 Å². The van der Waals surface area contributed by atoms with E-state index in [1.807, 2.05) is 0 Å². The third kappa shape index (κ3) is 5.26. The number of hydrogen-bond acceptors (Lipinski definition) is 4. The minimum atomic E-state index is -4.87. The van der Waals surface area contributed by atoms with Crippen molar-refractivity contribution in [3.05, 3.63) is 28.8 Å². The SMILES string of the molecule is CC(C)(C)OC(=O)N[C@H]1CCN(S(=O)(=O)c2c(Cl)cccc2C(F)(F)F)C1. The number of ether oxygens (including phenoxy) is 1. The predicted molar refractivity (Wildman–Crippen MR) is 93.0 cm³/mol. The molecule has 0 spiro atoms. The van der Waals surface area contributed by atoms with Crippen LogP contribution in [-0.4, -0.2) is 43.5 Å². The Hall–Kier alpha value is -1.52. The van der Waals surface area contributed by atoms with Gasteiger partial charge in [-0.2, -0.15) is 17.5 Å². The molecule has 1 aliphatic heterocycles. The van der Waals surface area contributed by atoms with E-state index in [1.54, 1.807) is 20.8 Å². The summed E-state index contributed by atoms with van der Waals surface area (Å²) < 4.78 is 71.3. The van der Waals surface area contributed by atoms with Gasteiger partial charge in [0.2, 0.25) is 10.0 Å². The molecule has 1 fully saturated rings. The molecule has 0 aromatic heterocycles. The maximum atomic E-state index is 13.2. The molecule has 0 radical (unpaired) electrons. The number of nitrogens with one attached hydrogen (secondary N) is 1. The molecule has 1 N–H and O–H groups in total. The first-order chi connectivity index (χ1) is 12.2. The summed E-state index contributed by atoms with van der Waals surface area (Å²) in [7, 11) is -4.50. The van der Waals surface area contributed by atoms with Crippen molar-refractivity contribution >= 4 is 27.7 Å². The molecular formula is C16H20ClF3N2O4S. The lowest BCUT2D eigenvalue weighted by molar-refractivity contribution is -0.139. The predicted octanol–water partition coefficient (Wildman–Crippen LogP) is 3.65. The molecule has 0 aliphatic carbocycles. The van der Waals surface area contributed by atoms with Crippen LogP contribution in [0.3, 0.4) is 0 Å². The molecule has 1 amide bonds. The van der Waals surface area contributed by atoms with Crippen LogP contribution in [-0.2, 0) is 20.9 Å². The number of halogens is 4. The van der Waals surface area contributed by atoms with E-state index in [9.17, 15) is 26.4 Å². The summed E-state index contributed by atoms with van der Waals surface area (Å²) in [5.41, 5.74) is -2.05. The van der Waals surface area contributed by atoms with Crippen LogP contribution < -0.4 is 5.32 Å². The number of carbonyl (C=O) groups is 1. The van der Waals surface area contributed by atoms with Gasteiger partial charge in [-0.05, 0) is 39.3 Å². The number of hydrogen-bond donors (Lipinski definition) is 1. The van der Waals surface area contributed by atoms with E-state index in [-0.39, 0.29) is 19.5 Å². The first-order valence-electron chi connectivity index (χ1n) is 8.07. The second-order valence-corrected chi connectivity index (χ2v) is 9.39. The zero-order valence-corrected chi connectivity index (χ0v) is 16.5. The molecule has 152 valence electrons. The summed E-state index contributed by atoms with van der Waals surface area (Å²) >= 11 is 5.80. The van der Waals surface area contributed by atoms with Crippen molar-refractivity contribution in [2.45, 2.75) is 49.9 Å². The Morgan fingerprint density at radius 1 is 1.30 bits per heavy atom. The number of sulfonamides is 1. The van der Waals surface area contributed by atoms with Gasteiger partial charge >= 0.3 is 12.3 Å². The zero-order valence-electron chi connectivity index (χ0n) is 14.9. The molecule has 1 aromatic rings. The van der Waals surface area contributed by atoms with Crippen LogP contribution in [0.15, 0.2) is 23.1 Å². The second kappa shape index (κ2) is 7.48. The Kier molecular flexibility index (Phi) is 6.03. The molecule has 0 saturated carbocycles. The van der Waals surface area contributed by atoms with Gasteiger partial charge in [0.15, 0.2) is 0 Å². The second-order valence-electron chi connectivity index (χ2n) is 7.11. The highest BCUT2D eigenvalue weighted by atomic mass is 35.5. The molecule has 0 bridgehead atoms. The fourth-order valence-electron chi connectivity index (χ4n) is 2.66. The van der Waals surface area contributed by atoms with Crippen LogP contribution in [0.2, 0.25) is 5.02 Å². The minimum absolute atomic E-state index is 0.0503. The average molecular weight is 429 g/mol. The number of nitrogens with zero attached hydrogens (tertiary/aromatic N) is 1. The lowest BCUT2D eigenvalue weighted by atomic mass is 10.2. The highest BCUT2D eigenvalue weighted by molar-refractivity contribution is 7.89. The summed E-state index contributed by atoms with van der Waals surface area (Å²) in [6, 6.07) is 2.23. The molecule has 0 unspecified atom stereocenters. The molecule has 27 heavy (non-hydrogen) atoms. The molecular weight excluding hydrogens is 409 g/mol. The lowest BCUT2D eigenvalue weighted by Crippen LogP contribution is -2.41. The summed E-state index contributed by atoms with van der Waals surface area (Å²) in [5, 5.41) is 2.02. The fraction of sp³-hybridized carbons (Fsp3) is 0.562. The summed E-state index contributed by atoms with van der Waals surface area (Å²) in [5.74, 6) is 0. The minimum Gasteiger partial charge on any atom is -0.444 e. The van der Waals surface area contributed by atoms with E-state index in [2.05, 4.69) is 5.32 Å². The summed E-state index contributed by atoms with van der Waals surface area (Å²) in [6.07, 6.45) is -5.36. The summed E-state index contributed by atoms with van der Waals surface area (Å²) in [4.78, 5) is 10.8. The normalized spacial score (nSPS) is 19.1. The molecule has 11 heteroatoms. The molecule has 6 nitrogen and oxygen atoms in total. The van der Waals surface area contributed by atoms with Crippen molar-refractivity contribution in [3.63, 3.8) is 0 Å². The van der Waals surface area contributed by atoms with E-state index in [4.69, 9.17) is 16.3 Å². The number of amides is 1. The van der Waals surface area contributed by atoms with Crippen molar-refractivity contribution in [2.24, 2.45) is 0 Å². The van der Waals surface area contributed by atoms with Crippen LogP contribution in [0.25, 0.3) is 0 Å². The Labute approximate surface area is 160 Å². The van der Waals surface area contributed by atoms with Crippen LogP contribution in [0.1, 0.15) is 32.8 Å². The number of benzene rings is 1. The smallest absolute Gasteiger partial charge is 0.417 e. The maximum absolute atomic E-state index is 13.2. The summed E-state index contributed by atoms with van der Waals surface area (Å²) in [6.45, 7) is 4.80. The Bertz CT molecular complexity index is 822. The largest absolute Gasteiger partial charge is 0.444 e. The standard InChI is InChI=1S/C16H20ClF3N2O4S/c1-15(2,3)26-14(23)21-10-7-8-22(9-10)27(24,25)13-11(16(18,19)20)5-4-6-12(13)17/h4-6,10H,7-9H2,1-3H3,(H,21,23)/t10-/m0/s1. The topological polar surface area (TPSA) is 75.7 Å². The van der Waals surface area contributed by atoms with Crippen molar-refractivity contribution in [2.75, 3.05) is 13.1 Å². The first kappa shape index (κ1) is 21.8. The molecule has 2 rings (SSSR count). The van der Waals surface area contributed by atoms with Gasteiger partial charge in [-0.1, -0.05) is 17.7 Å². The molecule has 1 atom stereocenters. The Balaban J connectivity index is 2.22. The van der Waals surface area contributed by atoms with Crippen molar-refractivity contribution in [3.8, 4) is 0 Å². The van der Waals surface area contributed by atoms with E-state index in [0.717, 1.165) is 16.4 Å². The van der Waals surface area contributed by atoms with Gasteiger partial charge in [-0.3, -0.25) is 0 Å². The number of carbonyl (C=O) groups excluding carboxylic acids is 1. The fourth-order valence-corrected chi connectivity index (χ4v) is 4.89. The molecule has 1 aromatic carbocycles. The first-order valence-corrected chi connectivity index (χ1v) is 9.89. The quantitative estimate of drug-likeness (QED) is 0.797. The molecule has 1 heterocycles. The number of rotatable bonds is 3. The van der Waals surface area contributed by atoms with Crippen LogP contribution in [0, 0.1) is 0 Å². The Morgan fingerprint density at radius 3 is 2.48 bits per heavy atom. The van der Waals surface area contributed by atoms with Gasteiger partial charge in [-0.15, -0.1) is 0 Å². The van der Waals surface area contributed by atoms with Crippen LogP contribution >= 0.6 is 11.6 Å². The monoisotopic (exact) mass is 428 g/mol. The van der Waals surface area contributed by atoms with Gasteiger partial charge in [0.1, 0.15) is 10.5 Å². The third-order valence-electron chi connectivity index (χ3n) is 3.74. The van der Waals surface area contributed by atoms with E-state index < -0.39 is 49.4 Å². The highest BCUT2D eigenvalue weighted by Gasteiger charge is 2.42. The third-order valence-corrected chi connectivity index (χ3v) is 6.14. The van der Waals surface area contributed by atoms with E-state index in [0.29, 0.717) is 6.07 Å². The molecule has 1 aliphatic rings. The van der Waals surface area contributed by atoms with Crippen LogP contribution in [0.5, 0.6) is 0 Å². The lowest BCUT2D eigenvalue weighted by Gasteiger charge is -2.22. The van der Waals surface area contributed by atoms with Crippen molar-refractivity contribution in [1.29, 1.82) is 0 Å². The molecule has 1 saturated heterocycles. The van der Waals surface area contributed by atoms with E-state index in [1.165, 1.54) is 0 Å². The van der Waals surface area contributed by atoms with Crippen molar-refractivity contribution in [1.82, 2.24) is 9.62 Å². The number of alkyl carbamates (subject to hydrolysis) is 1. The highest BCUT2D eigenvalue weighted by Crippen LogP contribution is 2.39. The van der Waals surface area contributed by atoms with Gasteiger partial charge in [0.25, 0.3) is 0 Å².